The minimum atomic E-state index is 0. The van der Waals surface area contributed by atoms with Crippen molar-refractivity contribution >= 4 is 0 Å². The molecular weight excluding hydrogens is 192 g/mol. The van der Waals surface area contributed by atoms with Gasteiger partial charge in [0.25, 0.3) is 0 Å². The lowest BCUT2D eigenvalue weighted by molar-refractivity contribution is -0.0449. The molecule has 0 N–H and O–H groups in total. The number of ether oxygens (including phenoxy) is 3. The molecule has 0 bridgehead atoms. The molecule has 0 aliphatic carbocycles. The van der Waals surface area contributed by atoms with Crippen LogP contribution in [-0.4, -0.2) is 39.6 Å². The van der Waals surface area contributed by atoms with E-state index < -0.39 is 0 Å². The van der Waals surface area contributed by atoms with E-state index >= 15 is 0 Å². The van der Waals surface area contributed by atoms with Crippen molar-refractivity contribution in [3.63, 3.8) is 0 Å². The third-order valence-electron chi connectivity index (χ3n) is 1.26. The maximum Gasteiger partial charge on any atom is 0.104 e. The Morgan fingerprint density at radius 1 is 0.867 bits per heavy atom. The fraction of sp³-hybridized carbons (Fsp3) is 1.00. The SMILES string of the molecule is C.C.C.C.CCOCC(COC)OCC. The Balaban J connectivity index is -0.0000000833. The molecule has 0 spiro atoms. The molecule has 15 heavy (non-hydrogen) atoms. The van der Waals surface area contributed by atoms with Crippen LogP contribution in [0.5, 0.6) is 0 Å². The van der Waals surface area contributed by atoms with Crippen LogP contribution in [0.4, 0.5) is 0 Å². The summed E-state index contributed by atoms with van der Waals surface area (Å²) in [6.07, 6.45) is 0.0879. The first-order chi connectivity index (χ1) is 5.35. The fourth-order valence-electron chi connectivity index (χ4n) is 0.815. The Kier molecular flexibility index (Phi) is 46.2. The molecule has 3 nitrogen and oxygen atoms in total. The van der Waals surface area contributed by atoms with Gasteiger partial charge >= 0.3 is 0 Å². The molecular formula is C12H34O3. The fourth-order valence-corrected chi connectivity index (χ4v) is 0.815. The van der Waals surface area contributed by atoms with Gasteiger partial charge in [-0.2, -0.15) is 0 Å². The first-order valence-corrected chi connectivity index (χ1v) is 4.03. The van der Waals surface area contributed by atoms with Gasteiger partial charge in [0.05, 0.1) is 13.2 Å². The molecule has 0 aromatic heterocycles. The molecule has 1 unspecified atom stereocenters. The molecule has 0 aromatic rings. The number of rotatable bonds is 7. The third-order valence-corrected chi connectivity index (χ3v) is 1.26. The zero-order chi connectivity index (χ0) is 8.53. The smallest absolute Gasteiger partial charge is 0.104 e. The van der Waals surface area contributed by atoms with Crippen LogP contribution in [0, 0.1) is 0 Å². The first-order valence-electron chi connectivity index (χ1n) is 4.03. The van der Waals surface area contributed by atoms with Crippen molar-refractivity contribution in [2.45, 2.75) is 49.7 Å². The van der Waals surface area contributed by atoms with E-state index in [-0.39, 0.29) is 35.8 Å². The summed E-state index contributed by atoms with van der Waals surface area (Å²) in [5, 5.41) is 0. The number of hydrogen-bond acceptors (Lipinski definition) is 3. The van der Waals surface area contributed by atoms with Gasteiger partial charge in [-0.1, -0.05) is 29.7 Å². The Hall–Kier alpha value is -0.120. The van der Waals surface area contributed by atoms with E-state index in [0.29, 0.717) is 19.8 Å². The highest BCUT2D eigenvalue weighted by Crippen LogP contribution is 1.93. The third kappa shape index (κ3) is 20.1. The van der Waals surface area contributed by atoms with Gasteiger partial charge < -0.3 is 14.2 Å². The molecule has 0 rings (SSSR count). The summed E-state index contributed by atoms with van der Waals surface area (Å²) in [5.74, 6) is 0. The molecule has 0 fully saturated rings. The van der Waals surface area contributed by atoms with E-state index in [1.165, 1.54) is 0 Å². The van der Waals surface area contributed by atoms with Gasteiger partial charge in [0.15, 0.2) is 0 Å². The second-order valence-corrected chi connectivity index (χ2v) is 2.19. The number of methoxy groups -OCH3 is 1. The summed E-state index contributed by atoms with van der Waals surface area (Å²) in [7, 11) is 1.66. The lowest BCUT2D eigenvalue weighted by atomic mass is 10.4. The standard InChI is InChI=1S/C8H18O3.4CH4/c1-4-10-7-8(6-9-3)11-5-2;;;;/h8H,4-7H2,1-3H3;4*1H4. The summed E-state index contributed by atoms with van der Waals surface area (Å²) in [6, 6.07) is 0. The van der Waals surface area contributed by atoms with Crippen LogP contribution in [0.2, 0.25) is 0 Å². The van der Waals surface area contributed by atoms with E-state index in [4.69, 9.17) is 14.2 Å². The molecule has 0 saturated carbocycles. The molecule has 0 radical (unpaired) electrons. The van der Waals surface area contributed by atoms with E-state index in [2.05, 4.69) is 0 Å². The summed E-state index contributed by atoms with van der Waals surface area (Å²) in [4.78, 5) is 0. The molecule has 0 amide bonds. The summed E-state index contributed by atoms with van der Waals surface area (Å²) < 4.78 is 15.5. The minimum Gasteiger partial charge on any atom is -0.382 e. The number of hydrogen-bond donors (Lipinski definition) is 0. The van der Waals surface area contributed by atoms with Crippen LogP contribution < -0.4 is 0 Å². The Morgan fingerprint density at radius 3 is 1.73 bits per heavy atom. The van der Waals surface area contributed by atoms with Crippen LogP contribution >= 0.6 is 0 Å². The molecule has 0 heterocycles. The Bertz CT molecular complexity index is 71.3. The summed E-state index contributed by atoms with van der Waals surface area (Å²) in [5.41, 5.74) is 0. The molecule has 0 saturated heterocycles. The predicted octanol–water partition coefficient (Wildman–Crippen LogP) is 3.62. The van der Waals surface area contributed by atoms with Gasteiger partial charge in [0, 0.05) is 20.3 Å². The molecule has 1 atom stereocenters. The van der Waals surface area contributed by atoms with E-state index in [1.54, 1.807) is 7.11 Å². The van der Waals surface area contributed by atoms with Crippen molar-refractivity contribution in [1.29, 1.82) is 0 Å². The molecule has 100 valence electrons. The maximum atomic E-state index is 5.33. The zero-order valence-electron chi connectivity index (χ0n) is 7.63. The van der Waals surface area contributed by atoms with Gasteiger partial charge in [0.2, 0.25) is 0 Å². The largest absolute Gasteiger partial charge is 0.382 e. The molecule has 0 aliphatic heterocycles. The quantitative estimate of drug-likeness (QED) is 0.663. The van der Waals surface area contributed by atoms with Crippen molar-refractivity contribution < 1.29 is 14.2 Å². The van der Waals surface area contributed by atoms with Crippen molar-refractivity contribution in [3.05, 3.63) is 0 Å². The van der Waals surface area contributed by atoms with Crippen molar-refractivity contribution in [1.82, 2.24) is 0 Å². The zero-order valence-corrected chi connectivity index (χ0v) is 7.63. The van der Waals surface area contributed by atoms with Crippen LogP contribution in [0.1, 0.15) is 43.6 Å². The predicted molar refractivity (Wildman–Crippen MR) is 70.7 cm³/mol. The second kappa shape index (κ2) is 23.6. The Morgan fingerprint density at radius 2 is 1.40 bits per heavy atom. The van der Waals surface area contributed by atoms with Gasteiger partial charge in [0.1, 0.15) is 6.10 Å². The molecule has 0 aliphatic rings. The van der Waals surface area contributed by atoms with E-state index in [1.807, 2.05) is 13.8 Å². The van der Waals surface area contributed by atoms with Crippen LogP contribution in [0.3, 0.4) is 0 Å². The summed E-state index contributed by atoms with van der Waals surface area (Å²) >= 11 is 0. The van der Waals surface area contributed by atoms with Gasteiger partial charge in [-0.05, 0) is 13.8 Å². The van der Waals surface area contributed by atoms with Crippen LogP contribution in [0.15, 0.2) is 0 Å². The van der Waals surface area contributed by atoms with Crippen molar-refractivity contribution in [2.24, 2.45) is 0 Å². The van der Waals surface area contributed by atoms with Gasteiger partial charge in [-0.25, -0.2) is 0 Å². The normalized spacial score (nSPS) is 9.80. The Labute approximate surface area is 98.1 Å². The van der Waals surface area contributed by atoms with E-state index in [0.717, 1.165) is 6.61 Å². The average Bonchev–Trinajstić information content (AvgIpc) is 2.01. The first kappa shape index (κ1) is 29.4. The maximum absolute atomic E-state index is 5.33. The summed E-state index contributed by atoms with van der Waals surface area (Å²) in [6.45, 7) is 6.60. The van der Waals surface area contributed by atoms with Crippen molar-refractivity contribution in [2.75, 3.05) is 33.5 Å². The second-order valence-electron chi connectivity index (χ2n) is 2.19. The van der Waals surface area contributed by atoms with Crippen LogP contribution in [-0.2, 0) is 14.2 Å². The van der Waals surface area contributed by atoms with Gasteiger partial charge in [-0.3, -0.25) is 0 Å². The average molecular weight is 226 g/mol. The van der Waals surface area contributed by atoms with Crippen molar-refractivity contribution in [3.8, 4) is 0 Å². The monoisotopic (exact) mass is 226 g/mol. The minimum absolute atomic E-state index is 0. The highest BCUT2D eigenvalue weighted by molar-refractivity contribution is 4.53. The molecule has 0 aromatic carbocycles. The van der Waals surface area contributed by atoms with Gasteiger partial charge in [-0.15, -0.1) is 0 Å². The highest BCUT2D eigenvalue weighted by atomic mass is 16.6. The molecule has 3 heteroatoms. The van der Waals surface area contributed by atoms with E-state index in [9.17, 15) is 0 Å². The highest BCUT2D eigenvalue weighted by Gasteiger charge is 2.06. The lowest BCUT2D eigenvalue weighted by Crippen LogP contribution is -2.25. The van der Waals surface area contributed by atoms with Crippen LogP contribution in [0.25, 0.3) is 0 Å². The topological polar surface area (TPSA) is 27.7 Å². The lowest BCUT2D eigenvalue weighted by Gasteiger charge is -2.15.